The molecule has 2 saturated heterocycles. The maximum Gasteiger partial charge on any atom is 0.226 e. The van der Waals surface area contributed by atoms with Gasteiger partial charge >= 0.3 is 0 Å². The van der Waals surface area contributed by atoms with E-state index in [-0.39, 0.29) is 5.92 Å². The number of rotatable bonds is 3. The van der Waals surface area contributed by atoms with E-state index in [9.17, 15) is 4.79 Å². The van der Waals surface area contributed by atoms with Crippen molar-refractivity contribution in [3.05, 3.63) is 0 Å². The first-order chi connectivity index (χ1) is 8.27. The summed E-state index contributed by atoms with van der Waals surface area (Å²) < 4.78 is 5.46. The molecule has 0 aromatic rings. The van der Waals surface area contributed by atoms with E-state index in [4.69, 9.17) is 4.74 Å². The lowest BCUT2D eigenvalue weighted by Gasteiger charge is -2.31. The summed E-state index contributed by atoms with van der Waals surface area (Å²) in [7, 11) is 1.94. The van der Waals surface area contributed by atoms with Crippen molar-refractivity contribution in [2.75, 3.05) is 39.9 Å². The lowest BCUT2D eigenvalue weighted by molar-refractivity contribution is -0.135. The van der Waals surface area contributed by atoms with Crippen molar-refractivity contribution in [3.8, 4) is 0 Å². The van der Waals surface area contributed by atoms with Gasteiger partial charge in [0.05, 0.1) is 12.5 Å². The molecule has 2 aliphatic heterocycles. The average molecular weight is 240 g/mol. The zero-order chi connectivity index (χ0) is 12.1. The standard InChI is InChI=1S/C13H24N2O2/c1-15(9-11-4-3-7-17-10-11)13(16)12-5-2-6-14-8-12/h11-12,14H,2-10H2,1H3/t11?,12-/m0/s1. The number of carbonyl (C=O) groups is 1. The van der Waals surface area contributed by atoms with Crippen molar-refractivity contribution in [3.63, 3.8) is 0 Å². The molecule has 0 aliphatic carbocycles. The van der Waals surface area contributed by atoms with Gasteiger partial charge in [0.25, 0.3) is 0 Å². The largest absolute Gasteiger partial charge is 0.381 e. The number of hydrogen-bond acceptors (Lipinski definition) is 3. The maximum atomic E-state index is 12.2. The SMILES string of the molecule is CN(CC1CCCOC1)C(=O)[C@H]1CCCNC1. The molecular weight excluding hydrogens is 216 g/mol. The van der Waals surface area contributed by atoms with Gasteiger partial charge in [0, 0.05) is 26.7 Å². The Bertz CT molecular complexity index is 246. The van der Waals surface area contributed by atoms with Crippen LogP contribution in [0.1, 0.15) is 25.7 Å². The van der Waals surface area contributed by atoms with E-state index in [1.165, 1.54) is 6.42 Å². The lowest BCUT2D eigenvalue weighted by atomic mass is 9.97. The van der Waals surface area contributed by atoms with Gasteiger partial charge in [0.1, 0.15) is 0 Å². The molecule has 1 unspecified atom stereocenters. The number of amides is 1. The summed E-state index contributed by atoms with van der Waals surface area (Å²) in [4.78, 5) is 14.1. The van der Waals surface area contributed by atoms with Crippen molar-refractivity contribution in [1.29, 1.82) is 0 Å². The van der Waals surface area contributed by atoms with E-state index in [0.717, 1.165) is 52.1 Å². The summed E-state index contributed by atoms with van der Waals surface area (Å²) in [5.41, 5.74) is 0. The van der Waals surface area contributed by atoms with Crippen LogP contribution in [0.3, 0.4) is 0 Å². The van der Waals surface area contributed by atoms with Crippen LogP contribution in [0.4, 0.5) is 0 Å². The van der Waals surface area contributed by atoms with E-state index in [1.807, 2.05) is 11.9 Å². The predicted molar refractivity (Wildman–Crippen MR) is 66.8 cm³/mol. The summed E-state index contributed by atoms with van der Waals surface area (Å²) >= 11 is 0. The molecule has 0 saturated carbocycles. The Hall–Kier alpha value is -0.610. The van der Waals surface area contributed by atoms with Crippen molar-refractivity contribution >= 4 is 5.91 Å². The molecule has 0 radical (unpaired) electrons. The van der Waals surface area contributed by atoms with Gasteiger partial charge in [-0.25, -0.2) is 0 Å². The van der Waals surface area contributed by atoms with Crippen LogP contribution >= 0.6 is 0 Å². The highest BCUT2D eigenvalue weighted by Gasteiger charge is 2.25. The van der Waals surface area contributed by atoms with Crippen molar-refractivity contribution in [1.82, 2.24) is 10.2 Å². The second-order valence-electron chi connectivity index (χ2n) is 5.35. The second-order valence-corrected chi connectivity index (χ2v) is 5.35. The highest BCUT2D eigenvalue weighted by atomic mass is 16.5. The maximum absolute atomic E-state index is 12.2. The highest BCUT2D eigenvalue weighted by molar-refractivity contribution is 5.78. The molecule has 0 aromatic heterocycles. The number of nitrogens with one attached hydrogen (secondary N) is 1. The van der Waals surface area contributed by atoms with Gasteiger partial charge in [-0.2, -0.15) is 0 Å². The Kier molecular flexibility index (Phi) is 4.80. The molecule has 17 heavy (non-hydrogen) atoms. The van der Waals surface area contributed by atoms with Crippen LogP contribution in [0, 0.1) is 11.8 Å². The highest BCUT2D eigenvalue weighted by Crippen LogP contribution is 2.17. The molecule has 4 nitrogen and oxygen atoms in total. The van der Waals surface area contributed by atoms with Crippen molar-refractivity contribution in [2.24, 2.45) is 11.8 Å². The van der Waals surface area contributed by atoms with E-state index in [2.05, 4.69) is 5.32 Å². The van der Waals surface area contributed by atoms with Crippen LogP contribution in [0.15, 0.2) is 0 Å². The first-order valence-electron chi connectivity index (χ1n) is 6.81. The average Bonchev–Trinajstić information content (AvgIpc) is 2.40. The number of piperidine rings is 1. The fraction of sp³-hybridized carbons (Fsp3) is 0.923. The molecule has 0 aromatic carbocycles. The van der Waals surface area contributed by atoms with Gasteiger partial charge in [0.15, 0.2) is 0 Å². The van der Waals surface area contributed by atoms with Crippen LogP contribution in [-0.4, -0.2) is 50.7 Å². The summed E-state index contributed by atoms with van der Waals surface area (Å²) in [6, 6.07) is 0. The Morgan fingerprint density at radius 1 is 1.41 bits per heavy atom. The van der Waals surface area contributed by atoms with Crippen molar-refractivity contribution in [2.45, 2.75) is 25.7 Å². The first kappa shape index (κ1) is 12.8. The van der Waals surface area contributed by atoms with E-state index in [0.29, 0.717) is 11.8 Å². The van der Waals surface area contributed by atoms with Crippen LogP contribution in [-0.2, 0) is 9.53 Å². The normalized spacial score (nSPS) is 29.9. The van der Waals surface area contributed by atoms with E-state index in [1.54, 1.807) is 0 Å². The van der Waals surface area contributed by atoms with Gasteiger partial charge in [0.2, 0.25) is 5.91 Å². The minimum Gasteiger partial charge on any atom is -0.381 e. The Morgan fingerprint density at radius 3 is 2.94 bits per heavy atom. The molecule has 0 spiro atoms. The van der Waals surface area contributed by atoms with Crippen LogP contribution in [0.5, 0.6) is 0 Å². The lowest BCUT2D eigenvalue weighted by Crippen LogP contribution is -2.43. The zero-order valence-corrected chi connectivity index (χ0v) is 10.8. The van der Waals surface area contributed by atoms with E-state index < -0.39 is 0 Å². The quantitative estimate of drug-likeness (QED) is 0.796. The number of carbonyl (C=O) groups excluding carboxylic acids is 1. The van der Waals surface area contributed by atoms with Crippen LogP contribution < -0.4 is 5.32 Å². The summed E-state index contributed by atoms with van der Waals surface area (Å²) in [6.45, 7) is 4.48. The van der Waals surface area contributed by atoms with Gasteiger partial charge in [-0.3, -0.25) is 4.79 Å². The molecule has 0 bridgehead atoms. The Morgan fingerprint density at radius 2 is 2.29 bits per heavy atom. The smallest absolute Gasteiger partial charge is 0.226 e. The minimum absolute atomic E-state index is 0.193. The Labute approximate surface area is 104 Å². The molecule has 2 rings (SSSR count). The fourth-order valence-electron chi connectivity index (χ4n) is 2.80. The topological polar surface area (TPSA) is 41.6 Å². The number of ether oxygens (including phenoxy) is 1. The molecule has 2 aliphatic rings. The third kappa shape index (κ3) is 3.68. The van der Waals surface area contributed by atoms with Crippen LogP contribution in [0.25, 0.3) is 0 Å². The molecule has 2 atom stereocenters. The summed E-state index contributed by atoms with van der Waals surface area (Å²) in [5.74, 6) is 1.04. The number of hydrogen-bond donors (Lipinski definition) is 1. The predicted octanol–water partition coefficient (Wildman–Crippen LogP) is 0.871. The number of nitrogens with zero attached hydrogens (tertiary/aromatic N) is 1. The monoisotopic (exact) mass is 240 g/mol. The minimum atomic E-state index is 0.193. The van der Waals surface area contributed by atoms with E-state index >= 15 is 0 Å². The molecule has 4 heteroatoms. The Balaban J connectivity index is 1.77. The molecule has 1 amide bonds. The molecular formula is C13H24N2O2. The van der Waals surface area contributed by atoms with Gasteiger partial charge < -0.3 is 15.0 Å². The molecule has 98 valence electrons. The van der Waals surface area contributed by atoms with Gasteiger partial charge in [-0.05, 0) is 38.1 Å². The van der Waals surface area contributed by atoms with Crippen molar-refractivity contribution < 1.29 is 9.53 Å². The second kappa shape index (κ2) is 6.36. The van der Waals surface area contributed by atoms with Crippen LogP contribution in [0.2, 0.25) is 0 Å². The summed E-state index contributed by atoms with van der Waals surface area (Å²) in [5, 5.41) is 3.30. The van der Waals surface area contributed by atoms with Gasteiger partial charge in [-0.1, -0.05) is 0 Å². The third-order valence-corrected chi connectivity index (χ3v) is 3.81. The molecule has 2 fully saturated rings. The fourth-order valence-corrected chi connectivity index (χ4v) is 2.80. The summed E-state index contributed by atoms with van der Waals surface area (Å²) in [6.07, 6.45) is 4.49. The third-order valence-electron chi connectivity index (χ3n) is 3.81. The van der Waals surface area contributed by atoms with Gasteiger partial charge in [-0.15, -0.1) is 0 Å². The molecule has 2 heterocycles. The zero-order valence-electron chi connectivity index (χ0n) is 10.8. The first-order valence-corrected chi connectivity index (χ1v) is 6.81. The molecule has 1 N–H and O–H groups in total.